The van der Waals surface area contributed by atoms with Gasteiger partial charge >= 0.3 is 0 Å². The van der Waals surface area contributed by atoms with Crippen molar-refractivity contribution in [2.75, 3.05) is 19.6 Å². The zero-order chi connectivity index (χ0) is 17.0. The largest absolute Gasteiger partial charge is 0.339 e. The van der Waals surface area contributed by atoms with Crippen LogP contribution in [0.15, 0.2) is 46.7 Å². The van der Waals surface area contributed by atoms with E-state index >= 15 is 0 Å². The second-order valence-electron chi connectivity index (χ2n) is 5.75. The van der Waals surface area contributed by atoms with Gasteiger partial charge in [0.2, 0.25) is 10.0 Å². The van der Waals surface area contributed by atoms with Gasteiger partial charge in [-0.2, -0.15) is 0 Å². The third-order valence-electron chi connectivity index (χ3n) is 4.05. The first-order valence-corrected chi connectivity index (χ1v) is 10.3. The Morgan fingerprint density at radius 1 is 1.12 bits per heavy atom. The number of nitrogens with one attached hydrogen (secondary N) is 1. The van der Waals surface area contributed by atoms with Crippen LogP contribution in [0.4, 0.5) is 0 Å². The smallest absolute Gasteiger partial charge is 0.253 e. The molecule has 0 saturated carbocycles. The summed E-state index contributed by atoms with van der Waals surface area (Å²) < 4.78 is 27.2. The van der Waals surface area contributed by atoms with Crippen LogP contribution >= 0.6 is 11.3 Å². The Balaban J connectivity index is 1.62. The van der Waals surface area contributed by atoms with Crippen molar-refractivity contribution >= 4 is 27.3 Å². The Bertz CT molecular complexity index is 778. The molecule has 7 heteroatoms. The van der Waals surface area contributed by atoms with Crippen molar-refractivity contribution in [2.45, 2.75) is 24.2 Å². The third-order valence-corrected chi connectivity index (χ3v) is 6.46. The summed E-state index contributed by atoms with van der Waals surface area (Å²) >= 11 is 1.61. The normalized spacial score (nSPS) is 14.9. The van der Waals surface area contributed by atoms with Gasteiger partial charge in [0.1, 0.15) is 0 Å². The van der Waals surface area contributed by atoms with Crippen LogP contribution in [0.1, 0.15) is 28.1 Å². The van der Waals surface area contributed by atoms with Crippen LogP contribution in [-0.2, 0) is 16.4 Å². The number of rotatable bonds is 6. The van der Waals surface area contributed by atoms with Gasteiger partial charge in [0.15, 0.2) is 0 Å². The van der Waals surface area contributed by atoms with Gasteiger partial charge in [0.25, 0.3) is 5.91 Å². The Morgan fingerprint density at radius 3 is 2.46 bits per heavy atom. The highest BCUT2D eigenvalue weighted by Gasteiger charge is 2.20. The molecule has 3 rings (SSSR count). The van der Waals surface area contributed by atoms with Crippen LogP contribution in [0, 0.1) is 0 Å². The number of carbonyl (C=O) groups is 1. The molecule has 1 fully saturated rings. The van der Waals surface area contributed by atoms with E-state index < -0.39 is 10.0 Å². The average molecular weight is 364 g/mol. The zero-order valence-electron chi connectivity index (χ0n) is 13.3. The molecule has 2 heterocycles. The van der Waals surface area contributed by atoms with E-state index in [-0.39, 0.29) is 10.8 Å². The number of likely N-dealkylation sites (tertiary alicyclic amines) is 1. The van der Waals surface area contributed by atoms with E-state index in [4.69, 9.17) is 0 Å². The van der Waals surface area contributed by atoms with Gasteiger partial charge in [-0.3, -0.25) is 4.79 Å². The van der Waals surface area contributed by atoms with E-state index in [1.54, 1.807) is 23.5 Å². The lowest BCUT2D eigenvalue weighted by Crippen LogP contribution is -2.28. The molecule has 1 aromatic carbocycles. The molecule has 0 bridgehead atoms. The van der Waals surface area contributed by atoms with Crippen LogP contribution in [-0.4, -0.2) is 38.9 Å². The molecule has 1 aliphatic rings. The van der Waals surface area contributed by atoms with Crippen molar-refractivity contribution in [3.05, 3.63) is 52.2 Å². The molecular weight excluding hydrogens is 344 g/mol. The molecule has 0 atom stereocenters. The lowest BCUT2D eigenvalue weighted by atomic mass is 10.2. The van der Waals surface area contributed by atoms with Crippen LogP contribution in [0.25, 0.3) is 0 Å². The maximum atomic E-state index is 12.3. The monoisotopic (exact) mass is 364 g/mol. The molecule has 5 nitrogen and oxygen atoms in total. The molecule has 1 aliphatic heterocycles. The molecular formula is C17H20N2O3S2. The lowest BCUT2D eigenvalue weighted by molar-refractivity contribution is 0.0792. The fourth-order valence-corrected chi connectivity index (χ4v) is 4.47. The number of carbonyl (C=O) groups excluding carboxylic acids is 1. The zero-order valence-corrected chi connectivity index (χ0v) is 14.9. The van der Waals surface area contributed by atoms with Crippen molar-refractivity contribution in [1.29, 1.82) is 0 Å². The molecule has 2 aromatic rings. The minimum atomic E-state index is -3.55. The molecule has 0 radical (unpaired) electrons. The van der Waals surface area contributed by atoms with E-state index in [2.05, 4.69) is 4.72 Å². The Kier molecular flexibility index (Phi) is 5.33. The number of benzene rings is 1. The van der Waals surface area contributed by atoms with Gasteiger partial charge < -0.3 is 4.90 Å². The minimum Gasteiger partial charge on any atom is -0.339 e. The lowest BCUT2D eigenvalue weighted by Gasteiger charge is -2.15. The summed E-state index contributed by atoms with van der Waals surface area (Å²) in [6.45, 7) is 1.92. The predicted octanol–water partition coefficient (Wildman–Crippen LogP) is 2.51. The number of amides is 1. The van der Waals surface area contributed by atoms with Crippen molar-refractivity contribution in [1.82, 2.24) is 9.62 Å². The van der Waals surface area contributed by atoms with Gasteiger partial charge in [0, 0.05) is 30.1 Å². The number of sulfonamides is 1. The maximum absolute atomic E-state index is 12.3. The molecule has 1 aromatic heterocycles. The summed E-state index contributed by atoms with van der Waals surface area (Å²) in [4.78, 5) is 15.4. The topological polar surface area (TPSA) is 66.5 Å². The fourth-order valence-electron chi connectivity index (χ4n) is 2.73. The average Bonchev–Trinajstić information content (AvgIpc) is 3.28. The standard InChI is InChI=1S/C17H20N2O3S2/c20-17(19-11-1-2-12-19)14-5-7-16(8-6-14)24(21,22)18-10-9-15-4-3-13-23-15/h3-8,13,18H,1-2,9-12H2. The van der Waals surface area contributed by atoms with E-state index in [0.717, 1.165) is 30.8 Å². The number of thiophene rings is 1. The Morgan fingerprint density at radius 2 is 1.83 bits per heavy atom. The van der Waals surface area contributed by atoms with Crippen LogP contribution in [0.2, 0.25) is 0 Å². The molecule has 0 spiro atoms. The molecule has 128 valence electrons. The second kappa shape index (κ2) is 7.46. The highest BCUT2D eigenvalue weighted by molar-refractivity contribution is 7.89. The molecule has 0 unspecified atom stereocenters. The first kappa shape index (κ1) is 17.1. The van der Waals surface area contributed by atoms with Crippen LogP contribution < -0.4 is 4.72 Å². The Hall–Kier alpha value is -1.70. The predicted molar refractivity (Wildman–Crippen MR) is 94.8 cm³/mol. The first-order chi connectivity index (χ1) is 11.6. The molecule has 1 N–H and O–H groups in total. The quantitative estimate of drug-likeness (QED) is 0.856. The van der Waals surface area contributed by atoms with Crippen LogP contribution in [0.5, 0.6) is 0 Å². The number of nitrogens with zero attached hydrogens (tertiary/aromatic N) is 1. The minimum absolute atomic E-state index is 0.0258. The van der Waals surface area contributed by atoms with E-state index in [0.29, 0.717) is 18.5 Å². The molecule has 1 saturated heterocycles. The fraction of sp³-hybridized carbons (Fsp3) is 0.353. The van der Waals surface area contributed by atoms with Gasteiger partial charge in [-0.05, 0) is 55.0 Å². The summed E-state index contributed by atoms with van der Waals surface area (Å²) in [6.07, 6.45) is 2.74. The number of hydrogen-bond acceptors (Lipinski definition) is 4. The van der Waals surface area contributed by atoms with Gasteiger partial charge in [0.05, 0.1) is 4.90 Å². The van der Waals surface area contributed by atoms with Crippen molar-refractivity contribution in [2.24, 2.45) is 0 Å². The van der Waals surface area contributed by atoms with E-state index in [9.17, 15) is 13.2 Å². The van der Waals surface area contributed by atoms with Crippen molar-refractivity contribution in [3.63, 3.8) is 0 Å². The maximum Gasteiger partial charge on any atom is 0.253 e. The SMILES string of the molecule is O=C(c1ccc(S(=O)(=O)NCCc2cccs2)cc1)N1CCCC1. The van der Waals surface area contributed by atoms with Gasteiger partial charge in [-0.1, -0.05) is 6.07 Å². The summed E-state index contributed by atoms with van der Waals surface area (Å²) in [6, 6.07) is 10.1. The van der Waals surface area contributed by atoms with Gasteiger partial charge in [-0.25, -0.2) is 13.1 Å². The highest BCUT2D eigenvalue weighted by Crippen LogP contribution is 2.16. The summed E-state index contributed by atoms with van der Waals surface area (Å²) in [5.74, 6) is -0.0258. The summed E-state index contributed by atoms with van der Waals surface area (Å²) in [7, 11) is -3.55. The molecule has 0 aliphatic carbocycles. The second-order valence-corrected chi connectivity index (χ2v) is 8.55. The van der Waals surface area contributed by atoms with Crippen molar-refractivity contribution < 1.29 is 13.2 Å². The number of hydrogen-bond donors (Lipinski definition) is 1. The summed E-state index contributed by atoms with van der Waals surface area (Å²) in [5.41, 5.74) is 0.537. The Labute approximate surface area is 146 Å². The van der Waals surface area contributed by atoms with E-state index in [1.165, 1.54) is 12.1 Å². The summed E-state index contributed by atoms with van der Waals surface area (Å²) in [5, 5.41) is 1.97. The van der Waals surface area contributed by atoms with E-state index in [1.807, 2.05) is 22.4 Å². The molecule has 1 amide bonds. The third kappa shape index (κ3) is 4.03. The van der Waals surface area contributed by atoms with Crippen LogP contribution in [0.3, 0.4) is 0 Å². The van der Waals surface area contributed by atoms with Crippen molar-refractivity contribution in [3.8, 4) is 0 Å². The highest BCUT2D eigenvalue weighted by atomic mass is 32.2. The van der Waals surface area contributed by atoms with Gasteiger partial charge in [-0.15, -0.1) is 11.3 Å². The first-order valence-electron chi connectivity index (χ1n) is 7.98. The molecule has 24 heavy (non-hydrogen) atoms.